The van der Waals surface area contributed by atoms with Crippen molar-refractivity contribution < 1.29 is 22.7 Å². The Morgan fingerprint density at radius 2 is 1.86 bits per heavy atom. The van der Waals surface area contributed by atoms with Crippen molar-refractivity contribution in [2.24, 2.45) is 7.05 Å². The lowest BCUT2D eigenvalue weighted by atomic mass is 9.86. The third kappa shape index (κ3) is 6.19. The lowest BCUT2D eigenvalue weighted by molar-refractivity contribution is -0.137. The van der Waals surface area contributed by atoms with E-state index in [1.807, 2.05) is 27.0 Å². The smallest absolute Gasteiger partial charge is 0.417 e. The maximum Gasteiger partial charge on any atom is 0.417 e. The molecule has 4 rings (SSSR count). The zero-order chi connectivity index (χ0) is 30.8. The number of aryl methyl sites for hydroxylation is 1. The van der Waals surface area contributed by atoms with E-state index in [0.717, 1.165) is 16.7 Å². The summed E-state index contributed by atoms with van der Waals surface area (Å²) in [6.45, 7) is 7.68. The number of amides is 1. The molecule has 42 heavy (non-hydrogen) atoms. The van der Waals surface area contributed by atoms with Crippen LogP contribution >= 0.6 is 0 Å². The molecule has 11 heteroatoms. The molecular weight excluding hydrogens is 547 g/mol. The van der Waals surface area contributed by atoms with Crippen LogP contribution in [0.25, 0.3) is 11.1 Å². The summed E-state index contributed by atoms with van der Waals surface area (Å²) < 4.78 is 49.3. The molecule has 0 aliphatic carbocycles. The molecule has 0 fully saturated rings. The number of pyridine rings is 2. The van der Waals surface area contributed by atoms with Crippen LogP contribution < -0.4 is 10.3 Å². The Bertz CT molecular complexity index is 1590. The zero-order valence-corrected chi connectivity index (χ0v) is 24.4. The number of halogens is 3. The first-order chi connectivity index (χ1) is 19.9. The highest BCUT2D eigenvalue weighted by Crippen LogP contribution is 2.41. The van der Waals surface area contributed by atoms with E-state index in [-0.39, 0.29) is 23.6 Å². The predicted molar refractivity (Wildman–Crippen MR) is 152 cm³/mol. The minimum atomic E-state index is -4.76. The van der Waals surface area contributed by atoms with Gasteiger partial charge < -0.3 is 19.1 Å². The number of benzene rings is 1. The van der Waals surface area contributed by atoms with E-state index >= 15 is 0 Å². The van der Waals surface area contributed by atoms with Gasteiger partial charge in [-0.3, -0.25) is 14.6 Å². The van der Waals surface area contributed by atoms with Crippen molar-refractivity contribution in [2.75, 3.05) is 33.3 Å². The minimum Gasteiger partial charge on any atom is -0.492 e. The predicted octanol–water partition coefficient (Wildman–Crippen LogP) is 4.99. The molecular formula is C31H34F3N5O3. The van der Waals surface area contributed by atoms with E-state index in [0.29, 0.717) is 60.2 Å². The van der Waals surface area contributed by atoms with Gasteiger partial charge in [-0.25, -0.2) is 0 Å². The summed E-state index contributed by atoms with van der Waals surface area (Å²) in [4.78, 5) is 34.4. The number of alkyl halides is 3. The molecule has 1 aliphatic rings. The zero-order valence-electron chi connectivity index (χ0n) is 24.4. The van der Waals surface area contributed by atoms with E-state index in [4.69, 9.17) is 4.74 Å². The lowest BCUT2D eigenvalue weighted by Crippen LogP contribution is -2.40. The topological polar surface area (TPSA) is 91.5 Å². The molecule has 1 aromatic carbocycles. The molecule has 0 bridgehead atoms. The van der Waals surface area contributed by atoms with Gasteiger partial charge in [0.05, 0.1) is 23.9 Å². The largest absolute Gasteiger partial charge is 0.492 e. The molecule has 0 saturated carbocycles. The fourth-order valence-corrected chi connectivity index (χ4v) is 5.19. The monoisotopic (exact) mass is 581 g/mol. The molecule has 1 aliphatic heterocycles. The summed E-state index contributed by atoms with van der Waals surface area (Å²) in [7, 11) is 3.36. The Labute approximate surface area is 243 Å². The molecule has 3 heterocycles. The Hall–Kier alpha value is -4.17. The first kappa shape index (κ1) is 30.8. The van der Waals surface area contributed by atoms with Gasteiger partial charge in [-0.15, -0.1) is 0 Å². The third-order valence-electron chi connectivity index (χ3n) is 7.75. The van der Waals surface area contributed by atoms with E-state index in [2.05, 4.69) is 9.88 Å². The number of fused-ring (bicyclic) bond motifs is 1. The molecule has 0 radical (unpaired) electrons. The highest BCUT2D eigenvalue weighted by atomic mass is 19.4. The summed E-state index contributed by atoms with van der Waals surface area (Å²) in [6.07, 6.45) is -1.30. The van der Waals surface area contributed by atoms with Crippen LogP contribution in [0.2, 0.25) is 0 Å². The third-order valence-corrected chi connectivity index (χ3v) is 7.75. The molecule has 0 saturated heterocycles. The van der Waals surface area contributed by atoms with Crippen LogP contribution in [-0.4, -0.2) is 58.5 Å². The highest BCUT2D eigenvalue weighted by molar-refractivity contribution is 5.99. The van der Waals surface area contributed by atoms with Gasteiger partial charge in [0.15, 0.2) is 0 Å². The molecule has 2 aromatic heterocycles. The number of likely N-dealkylation sites (N-methyl/N-ethyl adjacent to an activating group) is 1. The molecule has 1 atom stereocenters. The van der Waals surface area contributed by atoms with Gasteiger partial charge in [-0.1, -0.05) is 13.0 Å². The Kier molecular flexibility index (Phi) is 9.06. The van der Waals surface area contributed by atoms with Crippen LogP contribution in [0.4, 0.5) is 13.2 Å². The van der Waals surface area contributed by atoms with Gasteiger partial charge in [0, 0.05) is 55.8 Å². The molecule has 1 amide bonds. The summed E-state index contributed by atoms with van der Waals surface area (Å²) in [6, 6.07) is 7.33. The highest BCUT2D eigenvalue weighted by Gasteiger charge is 2.37. The number of hydrogen-bond donors (Lipinski definition) is 0. The van der Waals surface area contributed by atoms with Crippen molar-refractivity contribution in [1.29, 1.82) is 5.26 Å². The van der Waals surface area contributed by atoms with Crippen molar-refractivity contribution in [2.45, 2.75) is 45.8 Å². The second-order valence-corrected chi connectivity index (χ2v) is 10.4. The van der Waals surface area contributed by atoms with Gasteiger partial charge in [0.2, 0.25) is 0 Å². The Balaban J connectivity index is 1.84. The van der Waals surface area contributed by atoms with Gasteiger partial charge >= 0.3 is 6.18 Å². The first-order valence-corrected chi connectivity index (χ1v) is 13.9. The number of ether oxygens (including phenoxy) is 1. The maximum absolute atomic E-state index is 14.2. The van der Waals surface area contributed by atoms with Gasteiger partial charge in [-0.2, -0.15) is 18.4 Å². The Morgan fingerprint density at radius 3 is 2.50 bits per heavy atom. The quantitative estimate of drug-likeness (QED) is 0.354. The molecule has 0 spiro atoms. The van der Waals surface area contributed by atoms with Crippen molar-refractivity contribution in [3.63, 3.8) is 0 Å². The SMILES string of the molecule is CCOc1cc([C@H](C)N2CCc3c(cc(CCN(C)CC)cc3-c3cn(C)c(=O)cc3C(F)(F)F)C2=O)ncc1C#N. The fourth-order valence-electron chi connectivity index (χ4n) is 5.19. The summed E-state index contributed by atoms with van der Waals surface area (Å²) in [5, 5.41) is 9.39. The molecule has 8 nitrogen and oxygen atoms in total. The van der Waals surface area contributed by atoms with Crippen LogP contribution in [0.5, 0.6) is 5.75 Å². The number of hydrogen-bond acceptors (Lipinski definition) is 6. The van der Waals surface area contributed by atoms with Crippen molar-refractivity contribution in [3.05, 3.63) is 80.5 Å². The maximum atomic E-state index is 14.2. The van der Waals surface area contributed by atoms with Crippen LogP contribution in [0, 0.1) is 11.3 Å². The van der Waals surface area contributed by atoms with Gasteiger partial charge in [0.25, 0.3) is 11.5 Å². The number of nitriles is 1. The normalized spacial score (nSPS) is 14.1. The molecule has 3 aromatic rings. The van der Waals surface area contributed by atoms with Crippen LogP contribution in [0.15, 0.2) is 41.5 Å². The number of carbonyl (C=O) groups is 1. The summed E-state index contributed by atoms with van der Waals surface area (Å²) in [5.41, 5.74) is 0.783. The Morgan fingerprint density at radius 1 is 1.14 bits per heavy atom. The van der Waals surface area contributed by atoms with E-state index in [1.54, 1.807) is 30.0 Å². The number of aromatic nitrogens is 2. The van der Waals surface area contributed by atoms with Gasteiger partial charge in [0.1, 0.15) is 17.4 Å². The standard InChI is InChI=1S/C31H34F3N5O3/c1-6-37(4)10-8-20-12-23(25-18-38(5)29(40)14-26(25)31(32,33)34)22-9-11-39(30(41)24(22)13-20)19(3)27-15-28(42-7-2)21(16-35)17-36-27/h12-15,17-19H,6-11H2,1-5H3/t19-/m0/s1. The fraction of sp³-hybridized carbons (Fsp3) is 0.419. The molecule has 222 valence electrons. The lowest BCUT2D eigenvalue weighted by Gasteiger charge is -2.35. The van der Waals surface area contributed by atoms with E-state index in [9.17, 15) is 28.0 Å². The van der Waals surface area contributed by atoms with Gasteiger partial charge in [-0.05, 0) is 63.0 Å². The first-order valence-electron chi connectivity index (χ1n) is 13.9. The summed E-state index contributed by atoms with van der Waals surface area (Å²) in [5.74, 6) is 0.0545. The van der Waals surface area contributed by atoms with Crippen molar-refractivity contribution >= 4 is 5.91 Å². The average molecular weight is 582 g/mol. The minimum absolute atomic E-state index is 0.129. The number of nitrogens with zero attached hydrogens (tertiary/aromatic N) is 5. The van der Waals surface area contributed by atoms with Crippen LogP contribution in [0.3, 0.4) is 0 Å². The average Bonchev–Trinajstić information content (AvgIpc) is 2.96. The second kappa shape index (κ2) is 12.4. The number of rotatable bonds is 9. The number of carbonyl (C=O) groups excluding carboxylic acids is 1. The van der Waals surface area contributed by atoms with Crippen molar-refractivity contribution in [3.8, 4) is 22.9 Å². The second-order valence-electron chi connectivity index (χ2n) is 10.4. The summed E-state index contributed by atoms with van der Waals surface area (Å²) >= 11 is 0. The molecule has 0 unspecified atom stereocenters. The van der Waals surface area contributed by atoms with E-state index in [1.165, 1.54) is 19.4 Å². The molecule has 0 N–H and O–H groups in total. The van der Waals surface area contributed by atoms with Crippen LogP contribution in [-0.2, 0) is 26.1 Å². The van der Waals surface area contributed by atoms with E-state index < -0.39 is 23.3 Å². The van der Waals surface area contributed by atoms with Crippen LogP contribution in [0.1, 0.15) is 65.1 Å². The van der Waals surface area contributed by atoms with Crippen molar-refractivity contribution in [1.82, 2.24) is 19.4 Å².